The standard InChI is InChI=1S/C26H32O6S/c1-2-7-19(14-20-8-6-9-22(28)15-20)12-13-24(29)26-21(18-33(30,31)25(26)16-27)17-32-23-10-4-3-5-11-23/h3-6,8-11,14-15,24-25,27-29H,2,7,12-13,16-18H2,1H3/b19-14+/t24-,25+/m1/s1. The number of benzene rings is 2. The number of sulfone groups is 1. The van der Waals surface area contributed by atoms with E-state index in [-0.39, 0.29) is 18.1 Å². The number of aliphatic hydroxyl groups excluding tert-OH is 2. The topological polar surface area (TPSA) is 104 Å². The van der Waals surface area contributed by atoms with Gasteiger partial charge in [0, 0.05) is 0 Å². The number of ether oxygens (including phenoxy) is 1. The van der Waals surface area contributed by atoms with Crippen molar-refractivity contribution in [1.82, 2.24) is 0 Å². The molecule has 0 aromatic heterocycles. The van der Waals surface area contributed by atoms with E-state index in [1.165, 1.54) is 0 Å². The molecule has 0 fully saturated rings. The van der Waals surface area contributed by atoms with Gasteiger partial charge in [-0.05, 0) is 60.2 Å². The van der Waals surface area contributed by atoms with Gasteiger partial charge in [0.15, 0.2) is 9.84 Å². The van der Waals surface area contributed by atoms with Gasteiger partial charge in [-0.1, -0.05) is 55.3 Å². The molecule has 0 saturated heterocycles. The fourth-order valence-electron chi connectivity index (χ4n) is 4.24. The molecule has 1 aliphatic rings. The molecule has 2 aromatic carbocycles. The molecule has 1 aliphatic heterocycles. The van der Waals surface area contributed by atoms with Crippen LogP contribution in [0.25, 0.3) is 6.08 Å². The maximum absolute atomic E-state index is 12.6. The quantitative estimate of drug-likeness (QED) is 0.429. The average molecular weight is 473 g/mol. The van der Waals surface area contributed by atoms with Crippen LogP contribution in [0.5, 0.6) is 11.5 Å². The van der Waals surface area contributed by atoms with Gasteiger partial charge in [0.05, 0.1) is 18.5 Å². The summed E-state index contributed by atoms with van der Waals surface area (Å²) < 4.78 is 31.0. The summed E-state index contributed by atoms with van der Waals surface area (Å²) in [6.45, 7) is 1.55. The Labute approximate surface area is 195 Å². The molecule has 0 radical (unpaired) electrons. The second-order valence-electron chi connectivity index (χ2n) is 8.34. The highest BCUT2D eigenvalue weighted by atomic mass is 32.2. The molecule has 0 amide bonds. The maximum atomic E-state index is 12.6. The third-order valence-electron chi connectivity index (χ3n) is 5.80. The van der Waals surface area contributed by atoms with Crippen molar-refractivity contribution in [1.29, 1.82) is 0 Å². The molecule has 6 nitrogen and oxygen atoms in total. The largest absolute Gasteiger partial charge is 0.508 e. The first-order chi connectivity index (χ1) is 15.8. The number of phenolic OH excluding ortho intramolecular Hbond substituents is 1. The zero-order chi connectivity index (χ0) is 23.8. The first-order valence-electron chi connectivity index (χ1n) is 11.2. The molecule has 2 atom stereocenters. The second-order valence-corrected chi connectivity index (χ2v) is 10.5. The zero-order valence-corrected chi connectivity index (χ0v) is 19.7. The highest BCUT2D eigenvalue weighted by Gasteiger charge is 2.41. The Morgan fingerprint density at radius 1 is 1.15 bits per heavy atom. The highest BCUT2D eigenvalue weighted by Crippen LogP contribution is 2.33. The van der Waals surface area contributed by atoms with Crippen molar-refractivity contribution in [3.8, 4) is 11.5 Å². The van der Waals surface area contributed by atoms with Gasteiger partial charge in [-0.15, -0.1) is 0 Å². The van der Waals surface area contributed by atoms with E-state index in [2.05, 4.69) is 6.92 Å². The third kappa shape index (κ3) is 6.69. The van der Waals surface area contributed by atoms with Crippen LogP contribution in [0.15, 0.2) is 71.3 Å². The predicted molar refractivity (Wildman–Crippen MR) is 130 cm³/mol. The summed E-state index contributed by atoms with van der Waals surface area (Å²) in [5, 5.41) is 29.4. The van der Waals surface area contributed by atoms with Crippen molar-refractivity contribution in [2.24, 2.45) is 0 Å². The molecule has 3 N–H and O–H groups in total. The predicted octanol–water partition coefficient (Wildman–Crippen LogP) is 3.88. The Balaban J connectivity index is 1.78. The number of aromatic hydroxyl groups is 1. The monoisotopic (exact) mass is 472 g/mol. The summed E-state index contributed by atoms with van der Waals surface area (Å²) in [5.74, 6) is 0.580. The normalized spacial score (nSPS) is 19.0. The fourth-order valence-corrected chi connectivity index (χ4v) is 6.12. The maximum Gasteiger partial charge on any atom is 0.163 e. The summed E-state index contributed by atoms with van der Waals surface area (Å²) in [4.78, 5) is 0. The van der Waals surface area contributed by atoms with Gasteiger partial charge in [0.1, 0.15) is 23.4 Å². The van der Waals surface area contributed by atoms with Gasteiger partial charge in [-0.2, -0.15) is 0 Å². The number of para-hydroxylation sites is 1. The Morgan fingerprint density at radius 2 is 1.91 bits per heavy atom. The lowest BCUT2D eigenvalue weighted by Gasteiger charge is -2.20. The second kappa shape index (κ2) is 11.5. The summed E-state index contributed by atoms with van der Waals surface area (Å²) in [7, 11) is -3.59. The summed E-state index contributed by atoms with van der Waals surface area (Å²) in [5.41, 5.74) is 2.85. The minimum Gasteiger partial charge on any atom is -0.508 e. The molecular formula is C26H32O6S. The van der Waals surface area contributed by atoms with Crippen molar-refractivity contribution in [3.63, 3.8) is 0 Å². The number of hydrogen-bond donors (Lipinski definition) is 3. The molecule has 0 saturated carbocycles. The van der Waals surface area contributed by atoms with Crippen LogP contribution >= 0.6 is 0 Å². The zero-order valence-electron chi connectivity index (χ0n) is 18.9. The fraction of sp³-hybridized carbons (Fsp3) is 0.385. The molecule has 33 heavy (non-hydrogen) atoms. The molecule has 7 heteroatoms. The van der Waals surface area contributed by atoms with Gasteiger partial charge in [-0.25, -0.2) is 8.42 Å². The lowest BCUT2D eigenvalue weighted by Crippen LogP contribution is -2.29. The third-order valence-corrected chi connectivity index (χ3v) is 7.82. The van der Waals surface area contributed by atoms with Crippen molar-refractivity contribution >= 4 is 15.9 Å². The van der Waals surface area contributed by atoms with Crippen LogP contribution in [0.2, 0.25) is 0 Å². The van der Waals surface area contributed by atoms with Gasteiger partial charge < -0.3 is 20.1 Å². The van der Waals surface area contributed by atoms with Crippen molar-refractivity contribution in [2.75, 3.05) is 19.0 Å². The van der Waals surface area contributed by atoms with E-state index in [0.717, 1.165) is 24.0 Å². The van der Waals surface area contributed by atoms with Crippen LogP contribution in [-0.4, -0.2) is 54.1 Å². The summed E-state index contributed by atoms with van der Waals surface area (Å²) >= 11 is 0. The molecule has 1 heterocycles. The lowest BCUT2D eigenvalue weighted by atomic mass is 9.93. The van der Waals surface area contributed by atoms with Gasteiger partial charge in [0.25, 0.3) is 0 Å². The first kappa shape index (κ1) is 25.0. The lowest BCUT2D eigenvalue weighted by molar-refractivity contribution is 0.187. The SMILES string of the molecule is CCC/C(=C\c1cccc(O)c1)CC[C@@H](O)C1=C(COc2ccccc2)CS(=O)(=O)[C@H]1CO. The van der Waals surface area contributed by atoms with Crippen molar-refractivity contribution in [3.05, 3.63) is 76.9 Å². The number of phenols is 1. The molecule has 0 spiro atoms. The van der Waals surface area contributed by atoms with E-state index in [0.29, 0.717) is 29.7 Å². The minimum atomic E-state index is -3.59. The smallest absolute Gasteiger partial charge is 0.163 e. The van der Waals surface area contributed by atoms with E-state index >= 15 is 0 Å². The Bertz CT molecular complexity index is 1090. The van der Waals surface area contributed by atoms with Crippen LogP contribution in [0.4, 0.5) is 0 Å². The Hall–Kier alpha value is -2.61. The molecule has 2 aromatic rings. The van der Waals surface area contributed by atoms with Crippen molar-refractivity contribution < 1.29 is 28.5 Å². The van der Waals surface area contributed by atoms with Crippen LogP contribution in [0, 0.1) is 0 Å². The molecule has 178 valence electrons. The van der Waals surface area contributed by atoms with Crippen molar-refractivity contribution in [2.45, 2.75) is 44.0 Å². The van der Waals surface area contributed by atoms with E-state index in [1.807, 2.05) is 30.3 Å². The number of rotatable bonds is 11. The van der Waals surface area contributed by atoms with E-state index < -0.39 is 27.8 Å². The van der Waals surface area contributed by atoms with E-state index in [1.54, 1.807) is 30.3 Å². The molecule has 0 bridgehead atoms. The Kier molecular flexibility index (Phi) is 8.72. The van der Waals surface area contributed by atoms with Gasteiger partial charge in [-0.3, -0.25) is 0 Å². The molecule has 3 rings (SSSR count). The highest BCUT2D eigenvalue weighted by molar-refractivity contribution is 7.92. The minimum absolute atomic E-state index is 0.0487. The van der Waals surface area contributed by atoms with Crippen LogP contribution < -0.4 is 4.74 Å². The van der Waals surface area contributed by atoms with Gasteiger partial charge >= 0.3 is 0 Å². The van der Waals surface area contributed by atoms with E-state index in [9.17, 15) is 23.7 Å². The average Bonchev–Trinajstić information content (AvgIpc) is 3.06. The molecular weight excluding hydrogens is 440 g/mol. The van der Waals surface area contributed by atoms with Crippen LogP contribution in [-0.2, 0) is 9.84 Å². The van der Waals surface area contributed by atoms with Crippen LogP contribution in [0.3, 0.4) is 0 Å². The number of aliphatic hydroxyl groups is 2. The summed E-state index contributed by atoms with van der Waals surface area (Å²) in [6, 6.07) is 16.1. The molecule has 0 aliphatic carbocycles. The van der Waals surface area contributed by atoms with Gasteiger partial charge in [0.2, 0.25) is 0 Å². The number of allylic oxidation sites excluding steroid dienone is 1. The molecule has 0 unspecified atom stereocenters. The first-order valence-corrected chi connectivity index (χ1v) is 12.9. The number of hydrogen-bond acceptors (Lipinski definition) is 6. The van der Waals surface area contributed by atoms with Crippen LogP contribution in [0.1, 0.15) is 38.2 Å². The van der Waals surface area contributed by atoms with E-state index in [4.69, 9.17) is 4.74 Å². The summed E-state index contributed by atoms with van der Waals surface area (Å²) in [6.07, 6.45) is 3.65. The Morgan fingerprint density at radius 3 is 2.58 bits per heavy atom.